The summed E-state index contributed by atoms with van der Waals surface area (Å²) in [6.07, 6.45) is 2.34. The minimum absolute atomic E-state index is 0.415. The van der Waals surface area contributed by atoms with E-state index in [1.54, 1.807) is 26.3 Å². The predicted molar refractivity (Wildman–Crippen MR) is 67.2 cm³/mol. The van der Waals surface area contributed by atoms with Crippen molar-refractivity contribution in [2.75, 3.05) is 19.0 Å². The topological polar surface area (TPSA) is 67.3 Å². The summed E-state index contributed by atoms with van der Waals surface area (Å²) in [7, 11) is 1.56. The first kappa shape index (κ1) is 13.7. The lowest BCUT2D eigenvalue weighted by Gasteiger charge is -2.25. The highest BCUT2D eigenvalue weighted by Gasteiger charge is 2.21. The SMILES string of the molecule is COc1ccnc(NCC(C)(O)CC(C)C)n1. The number of nitrogens with zero attached hydrogens (tertiary/aromatic N) is 2. The maximum Gasteiger partial charge on any atom is 0.226 e. The van der Waals surface area contributed by atoms with Gasteiger partial charge in [0, 0.05) is 18.8 Å². The number of aromatic nitrogens is 2. The van der Waals surface area contributed by atoms with E-state index in [-0.39, 0.29) is 0 Å². The molecule has 1 aromatic heterocycles. The molecule has 1 atom stereocenters. The summed E-state index contributed by atoms with van der Waals surface area (Å²) in [6, 6.07) is 1.68. The van der Waals surface area contributed by atoms with Crippen molar-refractivity contribution in [2.45, 2.75) is 32.8 Å². The largest absolute Gasteiger partial charge is 0.481 e. The first-order valence-corrected chi connectivity index (χ1v) is 5.76. The molecule has 17 heavy (non-hydrogen) atoms. The molecule has 5 nitrogen and oxygen atoms in total. The van der Waals surface area contributed by atoms with Gasteiger partial charge in [-0.25, -0.2) is 4.98 Å². The first-order valence-electron chi connectivity index (χ1n) is 5.76. The molecule has 1 heterocycles. The van der Waals surface area contributed by atoms with Gasteiger partial charge in [-0.1, -0.05) is 13.8 Å². The molecule has 0 saturated carbocycles. The summed E-state index contributed by atoms with van der Waals surface area (Å²) >= 11 is 0. The van der Waals surface area contributed by atoms with Crippen LogP contribution in [-0.4, -0.2) is 34.3 Å². The van der Waals surface area contributed by atoms with Crippen LogP contribution in [0.4, 0.5) is 5.95 Å². The van der Waals surface area contributed by atoms with E-state index >= 15 is 0 Å². The number of methoxy groups -OCH3 is 1. The van der Waals surface area contributed by atoms with Gasteiger partial charge in [0.1, 0.15) is 0 Å². The Labute approximate surface area is 102 Å². The third-order valence-corrected chi connectivity index (χ3v) is 2.31. The summed E-state index contributed by atoms with van der Waals surface area (Å²) in [6.45, 7) is 6.38. The molecule has 0 fully saturated rings. The summed E-state index contributed by atoms with van der Waals surface area (Å²) in [4.78, 5) is 8.17. The Kier molecular flexibility index (Phi) is 4.69. The molecule has 0 saturated heterocycles. The Morgan fingerprint density at radius 3 is 2.82 bits per heavy atom. The maximum atomic E-state index is 10.1. The van der Waals surface area contributed by atoms with Crippen LogP contribution in [0.25, 0.3) is 0 Å². The highest BCUT2D eigenvalue weighted by molar-refractivity contribution is 5.27. The number of aliphatic hydroxyl groups is 1. The number of ether oxygens (including phenoxy) is 1. The molecule has 0 aliphatic carbocycles. The van der Waals surface area contributed by atoms with Gasteiger partial charge < -0.3 is 15.2 Å². The second-order valence-corrected chi connectivity index (χ2v) is 4.87. The monoisotopic (exact) mass is 239 g/mol. The van der Waals surface area contributed by atoms with Gasteiger partial charge in [0.2, 0.25) is 11.8 Å². The van der Waals surface area contributed by atoms with Crippen molar-refractivity contribution < 1.29 is 9.84 Å². The van der Waals surface area contributed by atoms with Crippen LogP contribution in [0.15, 0.2) is 12.3 Å². The molecular formula is C12H21N3O2. The second kappa shape index (κ2) is 5.82. The Balaban J connectivity index is 2.54. The van der Waals surface area contributed by atoms with Crippen LogP contribution in [0, 0.1) is 5.92 Å². The van der Waals surface area contributed by atoms with Crippen LogP contribution in [0.5, 0.6) is 5.88 Å². The summed E-state index contributed by atoms with van der Waals surface area (Å²) in [5.74, 6) is 1.41. The predicted octanol–water partition coefficient (Wildman–Crippen LogP) is 1.69. The molecule has 2 N–H and O–H groups in total. The molecule has 0 bridgehead atoms. The molecular weight excluding hydrogens is 218 g/mol. The van der Waals surface area contributed by atoms with Crippen molar-refractivity contribution in [3.63, 3.8) is 0 Å². The number of anilines is 1. The highest BCUT2D eigenvalue weighted by Crippen LogP contribution is 2.17. The van der Waals surface area contributed by atoms with Crippen LogP contribution in [0.3, 0.4) is 0 Å². The van der Waals surface area contributed by atoms with Crippen molar-refractivity contribution in [2.24, 2.45) is 5.92 Å². The molecule has 0 radical (unpaired) electrons. The fraction of sp³-hybridized carbons (Fsp3) is 0.667. The van der Waals surface area contributed by atoms with Crippen LogP contribution >= 0.6 is 0 Å². The van der Waals surface area contributed by atoms with Gasteiger partial charge in [-0.15, -0.1) is 0 Å². The molecule has 0 aromatic carbocycles. The zero-order valence-electron chi connectivity index (χ0n) is 10.9. The number of rotatable bonds is 6. The molecule has 96 valence electrons. The molecule has 1 aromatic rings. The Morgan fingerprint density at radius 2 is 2.24 bits per heavy atom. The third kappa shape index (κ3) is 4.99. The lowest BCUT2D eigenvalue weighted by atomic mass is 9.94. The number of nitrogens with one attached hydrogen (secondary N) is 1. The molecule has 0 spiro atoms. The molecule has 0 amide bonds. The van der Waals surface area contributed by atoms with E-state index in [2.05, 4.69) is 29.1 Å². The van der Waals surface area contributed by atoms with Crippen molar-refractivity contribution in [3.8, 4) is 5.88 Å². The van der Waals surface area contributed by atoms with E-state index in [0.29, 0.717) is 24.3 Å². The summed E-state index contributed by atoms with van der Waals surface area (Å²) in [5.41, 5.74) is -0.763. The van der Waals surface area contributed by atoms with E-state index in [9.17, 15) is 5.11 Å². The van der Waals surface area contributed by atoms with E-state index < -0.39 is 5.60 Å². The zero-order valence-corrected chi connectivity index (χ0v) is 10.9. The second-order valence-electron chi connectivity index (χ2n) is 4.87. The van der Waals surface area contributed by atoms with Gasteiger partial charge in [-0.2, -0.15) is 4.98 Å². The average Bonchev–Trinajstić information content (AvgIpc) is 2.25. The van der Waals surface area contributed by atoms with Gasteiger partial charge >= 0.3 is 0 Å². The van der Waals surface area contributed by atoms with Crippen LogP contribution in [0.2, 0.25) is 0 Å². The van der Waals surface area contributed by atoms with Gasteiger partial charge in [0.15, 0.2) is 0 Å². The molecule has 5 heteroatoms. The van der Waals surface area contributed by atoms with Gasteiger partial charge in [0.05, 0.1) is 12.7 Å². The Hall–Kier alpha value is -1.36. The van der Waals surface area contributed by atoms with Crippen molar-refractivity contribution in [1.29, 1.82) is 0 Å². The van der Waals surface area contributed by atoms with Crippen molar-refractivity contribution >= 4 is 5.95 Å². The van der Waals surface area contributed by atoms with Gasteiger partial charge in [0.25, 0.3) is 0 Å². The average molecular weight is 239 g/mol. The molecule has 1 unspecified atom stereocenters. The maximum absolute atomic E-state index is 10.1. The third-order valence-electron chi connectivity index (χ3n) is 2.31. The summed E-state index contributed by atoms with van der Waals surface area (Å²) < 4.78 is 5.00. The smallest absolute Gasteiger partial charge is 0.226 e. The Bertz CT molecular complexity index is 353. The quantitative estimate of drug-likeness (QED) is 0.790. The van der Waals surface area contributed by atoms with Gasteiger partial charge in [-0.05, 0) is 19.3 Å². The lowest BCUT2D eigenvalue weighted by Crippen LogP contribution is -2.35. The van der Waals surface area contributed by atoms with Gasteiger partial charge in [-0.3, -0.25) is 0 Å². The lowest BCUT2D eigenvalue weighted by molar-refractivity contribution is 0.0514. The molecule has 0 aliphatic rings. The van der Waals surface area contributed by atoms with E-state index in [1.807, 2.05) is 0 Å². The summed E-state index contributed by atoms with van der Waals surface area (Å²) in [5, 5.41) is 13.1. The fourth-order valence-corrected chi connectivity index (χ4v) is 1.76. The molecule has 0 aliphatic heterocycles. The minimum atomic E-state index is -0.763. The van der Waals surface area contributed by atoms with E-state index in [4.69, 9.17) is 4.74 Å². The van der Waals surface area contributed by atoms with E-state index in [1.165, 1.54) is 0 Å². The number of hydrogen-bond acceptors (Lipinski definition) is 5. The highest BCUT2D eigenvalue weighted by atomic mass is 16.5. The molecule has 1 rings (SSSR count). The first-order chi connectivity index (χ1) is 7.93. The minimum Gasteiger partial charge on any atom is -0.481 e. The normalized spacial score (nSPS) is 14.5. The fourth-order valence-electron chi connectivity index (χ4n) is 1.76. The van der Waals surface area contributed by atoms with Crippen molar-refractivity contribution in [3.05, 3.63) is 12.3 Å². The Morgan fingerprint density at radius 1 is 1.53 bits per heavy atom. The zero-order chi connectivity index (χ0) is 12.9. The van der Waals surface area contributed by atoms with E-state index in [0.717, 1.165) is 6.42 Å². The number of hydrogen-bond donors (Lipinski definition) is 2. The van der Waals surface area contributed by atoms with Crippen LogP contribution < -0.4 is 10.1 Å². The standard InChI is InChI=1S/C12H21N3O2/c1-9(2)7-12(3,16)8-14-11-13-6-5-10(15-11)17-4/h5-6,9,16H,7-8H2,1-4H3,(H,13,14,15). The van der Waals surface area contributed by atoms with Crippen LogP contribution in [-0.2, 0) is 0 Å². The van der Waals surface area contributed by atoms with Crippen molar-refractivity contribution in [1.82, 2.24) is 9.97 Å². The van der Waals surface area contributed by atoms with Crippen LogP contribution in [0.1, 0.15) is 27.2 Å².